The highest BCUT2D eigenvalue weighted by atomic mass is 16.5. The molecule has 4 rings (SSSR count). The summed E-state index contributed by atoms with van der Waals surface area (Å²) in [6.45, 7) is 3.32. The number of aromatic nitrogens is 2. The summed E-state index contributed by atoms with van der Waals surface area (Å²) < 4.78 is 7.08. The fourth-order valence-electron chi connectivity index (χ4n) is 3.17. The van der Waals surface area contributed by atoms with Gasteiger partial charge >= 0.3 is 0 Å². The van der Waals surface area contributed by atoms with Crippen molar-refractivity contribution in [2.75, 3.05) is 11.9 Å². The Kier molecular flexibility index (Phi) is 4.53. The van der Waals surface area contributed by atoms with Crippen LogP contribution in [0.15, 0.2) is 65.5 Å². The maximum Gasteiger partial charge on any atom is 0.282 e. The van der Waals surface area contributed by atoms with Crippen LogP contribution in [0.5, 0.6) is 5.75 Å². The lowest BCUT2D eigenvalue weighted by atomic mass is 10.1. The molecular weight excluding hydrogens is 354 g/mol. The molecule has 0 saturated heterocycles. The topological polar surface area (TPSA) is 72.7 Å². The standard InChI is InChI=1S/C22H19N3O3/c1-14-6-5-9-19-23-15(2)21(22(27)25(14)19)24-20(26)13-28-18-11-10-16-7-3-4-8-17(16)12-18/h3-12H,13H2,1-2H3,(H,24,26). The molecule has 0 fully saturated rings. The second-order valence-electron chi connectivity index (χ2n) is 6.58. The number of carbonyl (C=O) groups excluding carboxylic acids is 1. The van der Waals surface area contributed by atoms with E-state index >= 15 is 0 Å². The maximum absolute atomic E-state index is 12.8. The molecule has 28 heavy (non-hydrogen) atoms. The van der Waals surface area contributed by atoms with Crippen LogP contribution < -0.4 is 15.6 Å². The van der Waals surface area contributed by atoms with E-state index in [0.717, 1.165) is 16.5 Å². The van der Waals surface area contributed by atoms with Crippen LogP contribution in [0.1, 0.15) is 11.4 Å². The van der Waals surface area contributed by atoms with E-state index in [-0.39, 0.29) is 17.9 Å². The minimum absolute atomic E-state index is 0.166. The smallest absolute Gasteiger partial charge is 0.282 e. The van der Waals surface area contributed by atoms with Crippen molar-refractivity contribution in [3.05, 3.63) is 82.4 Å². The molecule has 140 valence electrons. The zero-order chi connectivity index (χ0) is 19.7. The predicted octanol–water partition coefficient (Wildman–Crippen LogP) is 3.48. The quantitative estimate of drug-likeness (QED) is 0.594. The zero-order valence-electron chi connectivity index (χ0n) is 15.6. The van der Waals surface area contributed by atoms with Gasteiger partial charge in [-0.15, -0.1) is 0 Å². The highest BCUT2D eigenvalue weighted by molar-refractivity contribution is 5.92. The molecule has 2 aromatic heterocycles. The zero-order valence-corrected chi connectivity index (χ0v) is 15.6. The highest BCUT2D eigenvalue weighted by Crippen LogP contribution is 2.20. The number of pyridine rings is 1. The highest BCUT2D eigenvalue weighted by Gasteiger charge is 2.14. The molecule has 4 aromatic rings. The Morgan fingerprint density at radius 1 is 1.04 bits per heavy atom. The fourth-order valence-corrected chi connectivity index (χ4v) is 3.17. The van der Waals surface area contributed by atoms with E-state index in [1.54, 1.807) is 13.0 Å². The number of amides is 1. The molecule has 1 amide bonds. The third kappa shape index (κ3) is 3.32. The number of rotatable bonds is 4. The van der Waals surface area contributed by atoms with E-state index in [0.29, 0.717) is 17.1 Å². The number of nitrogens with one attached hydrogen (secondary N) is 1. The first-order valence-electron chi connectivity index (χ1n) is 8.93. The van der Waals surface area contributed by atoms with Crippen molar-refractivity contribution in [3.63, 3.8) is 0 Å². The maximum atomic E-state index is 12.8. The van der Waals surface area contributed by atoms with Crippen molar-refractivity contribution in [2.45, 2.75) is 13.8 Å². The lowest BCUT2D eigenvalue weighted by Crippen LogP contribution is -2.28. The summed E-state index contributed by atoms with van der Waals surface area (Å²) >= 11 is 0. The fraction of sp³-hybridized carbons (Fsp3) is 0.136. The molecule has 0 bridgehead atoms. The van der Waals surface area contributed by atoms with Gasteiger partial charge in [0.1, 0.15) is 17.1 Å². The van der Waals surface area contributed by atoms with Crippen LogP contribution in [0.4, 0.5) is 5.69 Å². The first kappa shape index (κ1) is 17.7. The summed E-state index contributed by atoms with van der Waals surface area (Å²) in [5, 5.41) is 4.77. The van der Waals surface area contributed by atoms with Gasteiger partial charge in [0.05, 0.1) is 5.69 Å². The second kappa shape index (κ2) is 7.15. The van der Waals surface area contributed by atoms with Gasteiger partial charge in [-0.1, -0.05) is 36.4 Å². The van der Waals surface area contributed by atoms with Crippen molar-refractivity contribution in [2.24, 2.45) is 0 Å². The Hall–Kier alpha value is -3.67. The van der Waals surface area contributed by atoms with E-state index in [2.05, 4.69) is 10.3 Å². The molecule has 0 aliphatic heterocycles. The van der Waals surface area contributed by atoms with Crippen LogP contribution in [0.2, 0.25) is 0 Å². The Labute approximate surface area is 161 Å². The molecule has 1 N–H and O–H groups in total. The van der Waals surface area contributed by atoms with Crippen LogP contribution in [-0.4, -0.2) is 21.9 Å². The molecule has 6 nitrogen and oxygen atoms in total. The van der Waals surface area contributed by atoms with Gasteiger partial charge in [-0.3, -0.25) is 14.0 Å². The summed E-state index contributed by atoms with van der Waals surface area (Å²) in [6, 6.07) is 19.0. The first-order valence-corrected chi connectivity index (χ1v) is 8.93. The van der Waals surface area contributed by atoms with Gasteiger partial charge in [0, 0.05) is 5.69 Å². The largest absolute Gasteiger partial charge is 0.484 e. The summed E-state index contributed by atoms with van der Waals surface area (Å²) in [5.41, 5.74) is 1.62. The molecule has 0 atom stereocenters. The van der Waals surface area contributed by atoms with Crippen LogP contribution in [0.25, 0.3) is 16.4 Å². The molecule has 0 saturated carbocycles. The minimum atomic E-state index is -0.413. The number of hydrogen-bond acceptors (Lipinski definition) is 4. The summed E-state index contributed by atoms with van der Waals surface area (Å²) in [4.78, 5) is 29.6. The van der Waals surface area contributed by atoms with Crippen LogP contribution in [0, 0.1) is 13.8 Å². The van der Waals surface area contributed by atoms with Crippen LogP contribution in [-0.2, 0) is 4.79 Å². The van der Waals surface area contributed by atoms with Gasteiger partial charge in [-0.05, 0) is 48.9 Å². The Bertz CT molecular complexity index is 1260. The SMILES string of the molecule is Cc1nc2cccc(C)n2c(=O)c1NC(=O)COc1ccc2ccccc2c1. The van der Waals surface area contributed by atoms with E-state index in [1.165, 1.54) is 4.40 Å². The summed E-state index contributed by atoms with van der Waals surface area (Å²) in [7, 11) is 0. The number of hydrogen-bond donors (Lipinski definition) is 1. The van der Waals surface area contributed by atoms with Gasteiger partial charge in [-0.2, -0.15) is 0 Å². The van der Waals surface area contributed by atoms with Crippen LogP contribution in [0.3, 0.4) is 0 Å². The summed E-state index contributed by atoms with van der Waals surface area (Å²) in [6.07, 6.45) is 0. The third-order valence-electron chi connectivity index (χ3n) is 4.58. The third-order valence-corrected chi connectivity index (χ3v) is 4.58. The number of nitrogens with zero attached hydrogens (tertiary/aromatic N) is 2. The monoisotopic (exact) mass is 373 g/mol. The summed E-state index contributed by atoms with van der Waals surface area (Å²) in [5.74, 6) is 0.179. The average molecular weight is 373 g/mol. The van der Waals surface area contributed by atoms with E-state index in [9.17, 15) is 9.59 Å². The molecule has 0 unspecified atom stereocenters. The van der Waals surface area contributed by atoms with Crippen molar-refractivity contribution < 1.29 is 9.53 Å². The number of ether oxygens (including phenoxy) is 1. The Balaban J connectivity index is 1.53. The number of benzene rings is 2. The normalized spacial score (nSPS) is 10.9. The first-order chi connectivity index (χ1) is 13.5. The predicted molar refractivity (Wildman–Crippen MR) is 109 cm³/mol. The van der Waals surface area contributed by atoms with Gasteiger partial charge in [0.2, 0.25) is 0 Å². The number of aryl methyl sites for hydroxylation is 2. The lowest BCUT2D eigenvalue weighted by Gasteiger charge is -2.12. The number of carbonyl (C=O) groups is 1. The number of fused-ring (bicyclic) bond motifs is 2. The lowest BCUT2D eigenvalue weighted by molar-refractivity contribution is -0.118. The van der Waals surface area contributed by atoms with Crippen molar-refractivity contribution >= 4 is 28.0 Å². The van der Waals surface area contributed by atoms with E-state index in [1.807, 2.05) is 61.5 Å². The van der Waals surface area contributed by atoms with Gasteiger partial charge in [0.15, 0.2) is 6.61 Å². The van der Waals surface area contributed by atoms with Gasteiger partial charge in [-0.25, -0.2) is 4.98 Å². The van der Waals surface area contributed by atoms with Crippen molar-refractivity contribution in [1.82, 2.24) is 9.38 Å². The van der Waals surface area contributed by atoms with Gasteiger partial charge < -0.3 is 10.1 Å². The minimum Gasteiger partial charge on any atom is -0.484 e. The van der Waals surface area contributed by atoms with Crippen molar-refractivity contribution in [3.8, 4) is 5.75 Å². The van der Waals surface area contributed by atoms with E-state index in [4.69, 9.17) is 4.74 Å². The van der Waals surface area contributed by atoms with E-state index < -0.39 is 5.91 Å². The Morgan fingerprint density at radius 3 is 2.64 bits per heavy atom. The molecule has 0 aliphatic rings. The molecular formula is C22H19N3O3. The molecule has 0 spiro atoms. The number of anilines is 1. The molecule has 0 aliphatic carbocycles. The van der Waals surface area contributed by atoms with Gasteiger partial charge in [0.25, 0.3) is 11.5 Å². The average Bonchev–Trinajstić information content (AvgIpc) is 2.69. The van der Waals surface area contributed by atoms with Crippen LogP contribution >= 0.6 is 0 Å². The molecule has 2 aromatic carbocycles. The molecule has 6 heteroatoms. The second-order valence-corrected chi connectivity index (χ2v) is 6.58. The Morgan fingerprint density at radius 2 is 1.82 bits per heavy atom. The van der Waals surface area contributed by atoms with Crippen molar-refractivity contribution in [1.29, 1.82) is 0 Å². The molecule has 2 heterocycles. The molecule has 0 radical (unpaired) electrons.